The summed E-state index contributed by atoms with van der Waals surface area (Å²) in [5, 5.41) is 49.2. The van der Waals surface area contributed by atoms with E-state index in [2.05, 4.69) is 31.3 Å². The molecule has 0 spiro atoms. The number of aromatic nitrogens is 6. The highest BCUT2D eigenvalue weighted by Crippen LogP contribution is 2.29. The number of nitriles is 4. The van der Waals surface area contributed by atoms with E-state index in [9.17, 15) is 15.8 Å². The van der Waals surface area contributed by atoms with Gasteiger partial charge in [0, 0.05) is 18.2 Å². The zero-order chi connectivity index (χ0) is 23.5. The Morgan fingerprint density at radius 2 is 1.59 bits per heavy atom. The Morgan fingerprint density at radius 1 is 0.969 bits per heavy atom. The smallest absolute Gasteiger partial charge is 0.184 e. The monoisotopic (exact) mass is 425 g/mol. The van der Waals surface area contributed by atoms with Crippen molar-refractivity contribution in [2.24, 2.45) is 5.11 Å². The van der Waals surface area contributed by atoms with Gasteiger partial charge in [0.2, 0.25) is 0 Å². The molecule has 3 rings (SSSR count). The molecule has 0 fully saturated rings. The summed E-state index contributed by atoms with van der Waals surface area (Å²) in [5.74, 6) is 0.632. The predicted molar refractivity (Wildman–Crippen MR) is 107 cm³/mol. The average Bonchev–Trinajstić information content (AvgIpc) is 3.43. The van der Waals surface area contributed by atoms with Crippen molar-refractivity contribution in [3.8, 4) is 35.9 Å². The highest BCUT2D eigenvalue weighted by atomic mass is 15.4. The molecule has 0 aliphatic rings. The minimum atomic E-state index is -1.54. The van der Waals surface area contributed by atoms with Crippen molar-refractivity contribution in [1.82, 2.24) is 29.5 Å². The second kappa shape index (κ2) is 7.94. The van der Waals surface area contributed by atoms with E-state index in [1.807, 2.05) is 18.2 Å². The van der Waals surface area contributed by atoms with Crippen LogP contribution in [0.5, 0.6) is 0 Å². The van der Waals surface area contributed by atoms with Crippen LogP contribution < -0.4 is 5.73 Å². The molecule has 0 bridgehead atoms. The van der Waals surface area contributed by atoms with Crippen molar-refractivity contribution >= 4 is 11.6 Å². The van der Waals surface area contributed by atoms with Crippen LogP contribution in [0.25, 0.3) is 11.6 Å². The summed E-state index contributed by atoms with van der Waals surface area (Å²) in [6.45, 7) is 2.99. The predicted octanol–water partition coefficient (Wildman–Crippen LogP) is 2.09. The highest BCUT2D eigenvalue weighted by Gasteiger charge is 2.32. The Labute approximate surface area is 182 Å². The lowest BCUT2D eigenvalue weighted by Gasteiger charge is -2.14. The molecular formula is C19H15N13. The molecule has 0 radical (unpaired) electrons. The quantitative estimate of drug-likeness (QED) is 0.551. The largest absolute Gasteiger partial charge is 0.384 e. The van der Waals surface area contributed by atoms with Crippen LogP contribution in [-0.4, -0.2) is 29.5 Å². The molecule has 1 unspecified atom stereocenters. The summed E-state index contributed by atoms with van der Waals surface area (Å²) in [6.07, 6.45) is 1.14. The standard InChI is InChI=1S/C19H15N13/c1-18(8-21,3-4-20)12-5-14(24)31(29-12)15-7-16(27-11-26-15)32-17(28-25)6-13(30-32)19(2,9-22)10-23/h5-7,11,25H,3,24H2,1-2H3. The van der Waals surface area contributed by atoms with Crippen molar-refractivity contribution < 1.29 is 0 Å². The first-order valence-electron chi connectivity index (χ1n) is 9.02. The molecule has 0 saturated carbocycles. The van der Waals surface area contributed by atoms with Crippen LogP contribution in [0.2, 0.25) is 0 Å². The van der Waals surface area contributed by atoms with Gasteiger partial charge in [0.1, 0.15) is 17.6 Å². The first-order valence-corrected chi connectivity index (χ1v) is 9.02. The van der Waals surface area contributed by atoms with Gasteiger partial charge in [-0.15, -0.1) is 5.11 Å². The van der Waals surface area contributed by atoms with Gasteiger partial charge in [-0.3, -0.25) is 0 Å². The van der Waals surface area contributed by atoms with Gasteiger partial charge in [-0.1, -0.05) is 0 Å². The third-order valence-electron chi connectivity index (χ3n) is 4.82. The third-order valence-corrected chi connectivity index (χ3v) is 4.82. The van der Waals surface area contributed by atoms with E-state index in [1.54, 1.807) is 6.92 Å². The number of hydrogen-bond donors (Lipinski definition) is 2. The highest BCUT2D eigenvalue weighted by molar-refractivity contribution is 5.48. The van der Waals surface area contributed by atoms with E-state index in [-0.39, 0.29) is 35.4 Å². The molecule has 13 nitrogen and oxygen atoms in total. The fourth-order valence-electron chi connectivity index (χ4n) is 2.77. The molecule has 1 atom stereocenters. The second-order valence-corrected chi connectivity index (χ2v) is 7.14. The van der Waals surface area contributed by atoms with Crippen molar-refractivity contribution in [1.29, 1.82) is 26.6 Å². The molecule has 3 heterocycles. The number of anilines is 1. The fourth-order valence-corrected chi connectivity index (χ4v) is 2.77. The molecular weight excluding hydrogens is 410 g/mol. The van der Waals surface area contributed by atoms with Gasteiger partial charge in [0.05, 0.1) is 42.1 Å². The lowest BCUT2D eigenvalue weighted by molar-refractivity contribution is 0.594. The van der Waals surface area contributed by atoms with Gasteiger partial charge in [-0.25, -0.2) is 15.5 Å². The fraction of sp³-hybridized carbons (Fsp3) is 0.263. The van der Waals surface area contributed by atoms with Gasteiger partial charge >= 0.3 is 0 Å². The zero-order valence-corrected chi connectivity index (χ0v) is 17.0. The lowest BCUT2D eigenvalue weighted by Crippen LogP contribution is -2.20. The average molecular weight is 425 g/mol. The molecule has 0 aromatic carbocycles. The molecule has 3 aromatic heterocycles. The summed E-state index contributed by atoms with van der Waals surface area (Å²) in [4.78, 5) is 8.27. The molecule has 3 N–H and O–H groups in total. The van der Waals surface area contributed by atoms with Crippen LogP contribution in [0.3, 0.4) is 0 Å². The van der Waals surface area contributed by atoms with E-state index in [1.165, 1.54) is 40.8 Å². The van der Waals surface area contributed by atoms with E-state index >= 15 is 0 Å². The Morgan fingerprint density at radius 3 is 2.16 bits per heavy atom. The van der Waals surface area contributed by atoms with Gasteiger partial charge in [-0.2, -0.15) is 40.6 Å². The molecule has 3 aromatic rings. The number of hydrogen-bond acceptors (Lipinski definition) is 11. The Hall–Kier alpha value is -5.14. The Bertz CT molecular complexity index is 1350. The van der Waals surface area contributed by atoms with Crippen molar-refractivity contribution in [3.05, 3.63) is 35.9 Å². The minimum Gasteiger partial charge on any atom is -0.384 e. The number of nitrogens with two attached hydrogens (primary N) is 1. The van der Waals surface area contributed by atoms with E-state index < -0.39 is 10.8 Å². The first kappa shape index (κ1) is 21.6. The first-order chi connectivity index (χ1) is 15.2. The number of nitrogen functional groups attached to an aromatic ring is 1. The zero-order valence-electron chi connectivity index (χ0n) is 17.0. The molecule has 0 aliphatic carbocycles. The van der Waals surface area contributed by atoms with E-state index in [4.69, 9.17) is 16.5 Å². The van der Waals surface area contributed by atoms with Crippen LogP contribution in [0.4, 0.5) is 11.6 Å². The van der Waals surface area contributed by atoms with Gasteiger partial charge < -0.3 is 5.73 Å². The third kappa shape index (κ3) is 3.47. The molecule has 156 valence electrons. The van der Waals surface area contributed by atoms with Gasteiger partial charge in [0.25, 0.3) is 0 Å². The van der Waals surface area contributed by atoms with Crippen molar-refractivity contribution in [2.75, 3.05) is 5.73 Å². The molecule has 0 saturated heterocycles. The second-order valence-electron chi connectivity index (χ2n) is 7.14. The van der Waals surface area contributed by atoms with E-state index in [0.717, 1.165) is 0 Å². The van der Waals surface area contributed by atoms with Gasteiger partial charge in [-0.05, 0) is 13.8 Å². The summed E-state index contributed by atoms with van der Waals surface area (Å²) in [5.41, 5.74) is 11.2. The minimum absolute atomic E-state index is 0.0431. The summed E-state index contributed by atoms with van der Waals surface area (Å²) >= 11 is 0. The van der Waals surface area contributed by atoms with Gasteiger partial charge in [0.15, 0.2) is 22.9 Å². The maximum absolute atomic E-state index is 9.50. The molecule has 13 heteroatoms. The topological polar surface area (TPSA) is 219 Å². The Kier molecular flexibility index (Phi) is 5.35. The maximum Gasteiger partial charge on any atom is 0.184 e. The van der Waals surface area contributed by atoms with Crippen LogP contribution in [0, 0.1) is 50.9 Å². The lowest BCUT2D eigenvalue weighted by atomic mass is 9.86. The van der Waals surface area contributed by atoms with Crippen molar-refractivity contribution in [2.45, 2.75) is 31.1 Å². The van der Waals surface area contributed by atoms with Crippen LogP contribution in [-0.2, 0) is 10.8 Å². The van der Waals surface area contributed by atoms with E-state index in [0.29, 0.717) is 5.69 Å². The summed E-state index contributed by atoms with van der Waals surface area (Å²) < 4.78 is 2.47. The van der Waals surface area contributed by atoms with Crippen molar-refractivity contribution in [3.63, 3.8) is 0 Å². The molecule has 0 aliphatic heterocycles. The normalized spacial score (nSPS) is 12.6. The number of nitrogens with one attached hydrogen (secondary N) is 1. The summed E-state index contributed by atoms with van der Waals surface area (Å²) in [7, 11) is 0. The number of nitrogens with zero attached hydrogens (tertiary/aromatic N) is 11. The summed E-state index contributed by atoms with van der Waals surface area (Å²) in [6, 6.07) is 12.1. The van der Waals surface area contributed by atoms with Crippen LogP contribution in [0.1, 0.15) is 31.7 Å². The molecule has 0 amide bonds. The Balaban J connectivity index is 2.11. The van der Waals surface area contributed by atoms with Crippen LogP contribution >= 0.6 is 0 Å². The van der Waals surface area contributed by atoms with Crippen LogP contribution in [0.15, 0.2) is 29.6 Å². The SMILES string of the molecule is CC(C#N)(C#N)c1cc(N=N)n(-c2cc(-n3nc(C(C)(C#N)CC#N)cc3N)ncn2)n1. The number of rotatable bonds is 6. The maximum atomic E-state index is 9.50. The molecule has 32 heavy (non-hydrogen) atoms.